The molecule has 3 unspecified atom stereocenters. The minimum absolute atomic E-state index is 0.0573. The molecule has 3 atom stereocenters. The van der Waals surface area contributed by atoms with E-state index in [9.17, 15) is 0 Å². The Bertz CT molecular complexity index is 3260. The highest BCUT2D eigenvalue weighted by Crippen LogP contribution is 2.40. The van der Waals surface area contributed by atoms with Crippen molar-refractivity contribution in [1.82, 2.24) is 5.32 Å². The minimum atomic E-state index is -0.358. The van der Waals surface area contributed by atoms with E-state index in [1.165, 1.54) is 16.7 Å². The van der Waals surface area contributed by atoms with E-state index in [4.69, 9.17) is 24.4 Å². The Morgan fingerprint density at radius 3 is 1.77 bits per heavy atom. The monoisotopic (exact) mass is 797 g/mol. The van der Waals surface area contributed by atoms with Crippen LogP contribution in [-0.4, -0.2) is 23.2 Å². The zero-order valence-electron chi connectivity index (χ0n) is 33.7. The van der Waals surface area contributed by atoms with Gasteiger partial charge in [-0.05, 0) is 75.2 Å². The summed E-state index contributed by atoms with van der Waals surface area (Å²) < 4.78 is 6.60. The Labute approximate surface area is 359 Å². The Morgan fingerprint density at radius 2 is 1.06 bits per heavy atom. The molecule has 4 aliphatic rings. The largest absolute Gasteiger partial charge is 0.456 e. The molecule has 0 aliphatic carbocycles. The van der Waals surface area contributed by atoms with Gasteiger partial charge in [0.05, 0.1) is 11.8 Å². The summed E-state index contributed by atoms with van der Waals surface area (Å²) in [5, 5.41) is 5.67. The molecule has 6 nitrogen and oxygen atoms in total. The number of hydrogen-bond donors (Lipinski definition) is 1. The third kappa shape index (κ3) is 6.44. The maximum atomic E-state index is 6.60. The average Bonchev–Trinajstić information content (AvgIpc) is 3.73. The summed E-state index contributed by atoms with van der Waals surface area (Å²) >= 11 is 0. The lowest BCUT2D eigenvalue weighted by Gasteiger charge is -2.31. The number of rotatable bonds is 5. The van der Waals surface area contributed by atoms with Crippen LogP contribution in [0.15, 0.2) is 225 Å². The number of fused-ring (bicyclic) bond motifs is 2. The molecule has 0 fully saturated rings. The van der Waals surface area contributed by atoms with Gasteiger partial charge in [-0.3, -0.25) is 4.99 Å². The van der Waals surface area contributed by atoms with Crippen LogP contribution in [0.5, 0.6) is 0 Å². The fraction of sp³-hybridized carbons (Fsp3) is 0.0714. The molecule has 0 radical (unpaired) electrons. The summed E-state index contributed by atoms with van der Waals surface area (Å²) in [6.07, 6.45) is 0.378. The normalized spacial score (nSPS) is 18.0. The average molecular weight is 798 g/mol. The van der Waals surface area contributed by atoms with Crippen LogP contribution >= 0.6 is 0 Å². The maximum Gasteiger partial charge on any atom is 0.160 e. The molecule has 1 aromatic heterocycles. The fourth-order valence-electron chi connectivity index (χ4n) is 9.22. The van der Waals surface area contributed by atoms with Gasteiger partial charge in [-0.15, -0.1) is 0 Å². The van der Waals surface area contributed by atoms with Crippen LogP contribution in [-0.2, 0) is 6.42 Å². The quantitative estimate of drug-likeness (QED) is 0.188. The van der Waals surface area contributed by atoms with E-state index in [-0.39, 0.29) is 18.1 Å². The molecule has 0 saturated carbocycles. The van der Waals surface area contributed by atoms with Gasteiger partial charge in [-0.1, -0.05) is 176 Å². The van der Waals surface area contributed by atoms with Gasteiger partial charge in [-0.2, -0.15) is 0 Å². The number of nitrogens with zero attached hydrogens (tertiary/aromatic N) is 4. The van der Waals surface area contributed by atoms with Gasteiger partial charge >= 0.3 is 0 Å². The van der Waals surface area contributed by atoms with Gasteiger partial charge in [0.15, 0.2) is 11.7 Å². The van der Waals surface area contributed by atoms with Crippen LogP contribution in [0, 0.1) is 5.92 Å². The molecule has 294 valence electrons. The van der Waals surface area contributed by atoms with Gasteiger partial charge in [0.25, 0.3) is 0 Å². The third-order valence-corrected chi connectivity index (χ3v) is 12.4. The third-order valence-electron chi connectivity index (χ3n) is 12.4. The van der Waals surface area contributed by atoms with E-state index in [1.54, 1.807) is 0 Å². The molecule has 8 aromatic carbocycles. The van der Waals surface area contributed by atoms with Gasteiger partial charge in [0.2, 0.25) is 0 Å². The van der Waals surface area contributed by atoms with Crippen molar-refractivity contribution >= 4 is 45.2 Å². The van der Waals surface area contributed by atoms with Crippen LogP contribution in [0.4, 0.5) is 0 Å². The van der Waals surface area contributed by atoms with Gasteiger partial charge in [0.1, 0.15) is 23.2 Å². The molecule has 6 bridgehead atoms. The van der Waals surface area contributed by atoms with E-state index in [2.05, 4.69) is 181 Å². The van der Waals surface area contributed by atoms with E-state index < -0.39 is 0 Å². The standard InChI is InChI=1S/C56H39N5O/c1-4-11-36(12-5-1)38-23-27-42(28-24-38)53-57-51(40-15-8-3-9-16-40)47-33-35-19-21-41(22-20-35)54-59-55(43-29-25-39(26-30-43)37-13-6-2-7-14-37)61-56(60-54)45-17-10-18-49-50(45)46-34-44(52(47)58-53)31-32-48(46)62-49/h1-32,34,47,51,55H,33H2,(H,59,60,61). The number of furan rings is 1. The van der Waals surface area contributed by atoms with E-state index in [1.807, 2.05) is 24.3 Å². The number of benzene rings is 8. The first kappa shape index (κ1) is 35.9. The van der Waals surface area contributed by atoms with Gasteiger partial charge in [-0.25, -0.2) is 15.0 Å². The summed E-state index contributed by atoms with van der Waals surface area (Å²) in [5.41, 5.74) is 14.6. The summed E-state index contributed by atoms with van der Waals surface area (Å²) in [6, 6.07) is 70.2. The Balaban J connectivity index is 1.03. The molecule has 6 heteroatoms. The molecule has 9 aromatic rings. The highest BCUT2D eigenvalue weighted by Gasteiger charge is 2.34. The molecule has 0 spiro atoms. The zero-order chi connectivity index (χ0) is 41.0. The topological polar surface area (TPSA) is 74.6 Å². The van der Waals surface area contributed by atoms with Crippen molar-refractivity contribution in [3.8, 4) is 22.3 Å². The van der Waals surface area contributed by atoms with Crippen molar-refractivity contribution in [1.29, 1.82) is 0 Å². The lowest BCUT2D eigenvalue weighted by Crippen LogP contribution is -2.33. The van der Waals surface area contributed by atoms with Crippen molar-refractivity contribution < 1.29 is 4.42 Å². The highest BCUT2D eigenvalue weighted by atomic mass is 16.3. The molecule has 13 rings (SSSR count). The highest BCUT2D eigenvalue weighted by molar-refractivity contribution is 6.23. The van der Waals surface area contributed by atoms with Crippen molar-refractivity contribution in [3.05, 3.63) is 239 Å². The Morgan fingerprint density at radius 1 is 0.452 bits per heavy atom. The fourth-order valence-corrected chi connectivity index (χ4v) is 9.22. The van der Waals surface area contributed by atoms with Crippen LogP contribution in [0.3, 0.4) is 0 Å². The molecule has 1 N–H and O–H groups in total. The summed E-state index contributed by atoms with van der Waals surface area (Å²) in [5.74, 6) is 2.09. The van der Waals surface area contributed by atoms with Crippen LogP contribution in [0.1, 0.15) is 51.2 Å². The molecular weight excluding hydrogens is 759 g/mol. The van der Waals surface area contributed by atoms with Crippen LogP contribution in [0.2, 0.25) is 0 Å². The first-order valence-corrected chi connectivity index (χ1v) is 21.2. The Hall–Kier alpha value is -7.96. The van der Waals surface area contributed by atoms with E-state index in [0.29, 0.717) is 5.84 Å². The van der Waals surface area contributed by atoms with Crippen LogP contribution in [0.25, 0.3) is 44.2 Å². The van der Waals surface area contributed by atoms with Gasteiger partial charge in [0, 0.05) is 33.4 Å². The smallest absolute Gasteiger partial charge is 0.160 e. The van der Waals surface area contributed by atoms with Crippen molar-refractivity contribution in [2.45, 2.75) is 18.6 Å². The maximum absolute atomic E-state index is 6.60. The second-order valence-electron chi connectivity index (χ2n) is 16.2. The van der Waals surface area contributed by atoms with Crippen molar-refractivity contribution in [2.24, 2.45) is 25.9 Å². The summed E-state index contributed by atoms with van der Waals surface area (Å²) in [4.78, 5) is 21.6. The number of hydrogen-bond acceptors (Lipinski definition) is 6. The lowest BCUT2D eigenvalue weighted by molar-refractivity contribution is 0.545. The molecule has 0 amide bonds. The molecule has 62 heavy (non-hydrogen) atoms. The van der Waals surface area contributed by atoms with Crippen molar-refractivity contribution in [3.63, 3.8) is 0 Å². The van der Waals surface area contributed by atoms with E-state index in [0.717, 1.165) is 90.2 Å². The second-order valence-corrected chi connectivity index (χ2v) is 16.2. The Kier molecular flexibility index (Phi) is 8.66. The number of amidine groups is 3. The minimum Gasteiger partial charge on any atom is -0.456 e. The molecule has 5 heterocycles. The van der Waals surface area contributed by atoms with Crippen LogP contribution < -0.4 is 5.32 Å². The first-order chi connectivity index (χ1) is 30.7. The van der Waals surface area contributed by atoms with Gasteiger partial charge < -0.3 is 9.73 Å². The predicted molar refractivity (Wildman–Crippen MR) is 252 cm³/mol. The molecular formula is C56H39N5O. The SMILES string of the molecule is c1ccc(-c2ccc(C3=NC(c4ccccc4)C4Cc5ccc(cc5)C5=NC(=NC(c6ccc(-c7ccccc7)cc6)N5)c5cccc6oc7ccc(cc7c56)C4=N3)cc2)cc1. The molecule has 0 saturated heterocycles. The lowest BCUT2D eigenvalue weighted by atomic mass is 9.80. The van der Waals surface area contributed by atoms with E-state index >= 15 is 0 Å². The number of aliphatic imine (C=N–C) groups is 4. The zero-order valence-corrected chi connectivity index (χ0v) is 33.7. The van der Waals surface area contributed by atoms with Crippen molar-refractivity contribution in [2.75, 3.05) is 0 Å². The second kappa shape index (κ2) is 14.9. The number of nitrogens with one attached hydrogen (secondary N) is 1. The predicted octanol–water partition coefficient (Wildman–Crippen LogP) is 12.6. The summed E-state index contributed by atoms with van der Waals surface area (Å²) in [6.45, 7) is 0. The summed E-state index contributed by atoms with van der Waals surface area (Å²) in [7, 11) is 0. The first-order valence-electron chi connectivity index (χ1n) is 21.2. The molecule has 4 aliphatic heterocycles.